The Morgan fingerprint density at radius 1 is 0.885 bits per heavy atom. The molecule has 2 heteroatoms. The highest BCUT2D eigenvalue weighted by atomic mass is 16.5. The Balaban J connectivity index is 1.79. The first-order chi connectivity index (χ1) is 12.7. The number of benzene rings is 3. The number of para-hydroxylation sites is 1. The van der Waals surface area contributed by atoms with E-state index < -0.39 is 0 Å². The highest BCUT2D eigenvalue weighted by Crippen LogP contribution is 2.25. The Bertz CT molecular complexity index is 828. The van der Waals surface area contributed by atoms with Gasteiger partial charge in [-0.3, -0.25) is 0 Å². The molecule has 1 atom stereocenters. The van der Waals surface area contributed by atoms with Crippen LogP contribution in [0.15, 0.2) is 78.9 Å². The van der Waals surface area contributed by atoms with Gasteiger partial charge >= 0.3 is 0 Å². The van der Waals surface area contributed by atoms with Crippen LogP contribution >= 0.6 is 0 Å². The SMILES string of the molecule is CCN(c1cccc(C)c1)C(C)Oc1ccccc1Cc1ccccc1. The number of nitrogens with zero attached hydrogens (tertiary/aromatic N) is 1. The predicted molar refractivity (Wildman–Crippen MR) is 110 cm³/mol. The molecule has 3 aromatic rings. The van der Waals surface area contributed by atoms with Gasteiger partial charge in [-0.25, -0.2) is 0 Å². The Hall–Kier alpha value is -2.74. The molecule has 3 rings (SSSR count). The first kappa shape index (κ1) is 18.1. The molecule has 0 bridgehead atoms. The minimum atomic E-state index is -0.0428. The van der Waals surface area contributed by atoms with Gasteiger partial charge in [-0.1, -0.05) is 60.7 Å². The Kier molecular flexibility index (Phi) is 5.96. The highest BCUT2D eigenvalue weighted by molar-refractivity contribution is 5.49. The molecule has 0 spiro atoms. The fraction of sp³-hybridized carbons (Fsp3) is 0.250. The Morgan fingerprint density at radius 2 is 1.62 bits per heavy atom. The van der Waals surface area contributed by atoms with Gasteiger partial charge in [-0.05, 0) is 55.7 Å². The number of ether oxygens (including phenoxy) is 1. The first-order valence-corrected chi connectivity index (χ1v) is 9.29. The molecule has 0 saturated carbocycles. The standard InChI is InChI=1S/C24H27NO/c1-4-25(23-15-10-11-19(2)17-23)20(3)26-24-16-9-8-14-22(24)18-21-12-6-5-7-13-21/h5-17,20H,4,18H2,1-3H3. The molecular formula is C24H27NO. The second-order valence-corrected chi connectivity index (χ2v) is 6.61. The van der Waals surface area contributed by atoms with Crippen molar-refractivity contribution in [3.8, 4) is 5.75 Å². The van der Waals surface area contributed by atoms with E-state index in [9.17, 15) is 0 Å². The molecule has 0 aromatic heterocycles. The van der Waals surface area contributed by atoms with Crippen molar-refractivity contribution in [2.24, 2.45) is 0 Å². The fourth-order valence-corrected chi connectivity index (χ4v) is 3.28. The van der Waals surface area contributed by atoms with Crippen LogP contribution < -0.4 is 9.64 Å². The van der Waals surface area contributed by atoms with Gasteiger partial charge < -0.3 is 9.64 Å². The average molecular weight is 345 g/mol. The molecule has 0 aliphatic rings. The topological polar surface area (TPSA) is 12.5 Å². The van der Waals surface area contributed by atoms with Crippen molar-refractivity contribution in [2.45, 2.75) is 33.4 Å². The number of anilines is 1. The van der Waals surface area contributed by atoms with E-state index in [4.69, 9.17) is 4.74 Å². The lowest BCUT2D eigenvalue weighted by Gasteiger charge is -2.31. The van der Waals surface area contributed by atoms with E-state index in [-0.39, 0.29) is 6.23 Å². The zero-order valence-electron chi connectivity index (χ0n) is 15.9. The van der Waals surface area contributed by atoms with Crippen molar-refractivity contribution >= 4 is 5.69 Å². The molecule has 1 unspecified atom stereocenters. The summed E-state index contributed by atoms with van der Waals surface area (Å²) >= 11 is 0. The third-order valence-corrected chi connectivity index (χ3v) is 4.62. The smallest absolute Gasteiger partial charge is 0.169 e. The van der Waals surface area contributed by atoms with Gasteiger partial charge in [-0.15, -0.1) is 0 Å². The normalized spacial score (nSPS) is 11.8. The number of aryl methyl sites for hydroxylation is 1. The van der Waals surface area contributed by atoms with Crippen molar-refractivity contribution in [2.75, 3.05) is 11.4 Å². The van der Waals surface area contributed by atoms with Crippen molar-refractivity contribution in [3.63, 3.8) is 0 Å². The molecule has 2 nitrogen and oxygen atoms in total. The number of hydrogen-bond donors (Lipinski definition) is 0. The van der Waals surface area contributed by atoms with Crippen LogP contribution in [0, 0.1) is 6.92 Å². The Labute approximate surface area is 157 Å². The summed E-state index contributed by atoms with van der Waals surface area (Å²) in [6, 6.07) is 27.4. The van der Waals surface area contributed by atoms with Gasteiger partial charge in [0, 0.05) is 18.7 Å². The molecule has 0 fully saturated rings. The predicted octanol–water partition coefficient (Wildman–Crippen LogP) is 5.84. The van der Waals surface area contributed by atoms with Crippen LogP contribution in [0.2, 0.25) is 0 Å². The Morgan fingerprint density at radius 3 is 2.35 bits per heavy atom. The molecule has 0 amide bonds. The highest BCUT2D eigenvalue weighted by Gasteiger charge is 2.16. The van der Waals surface area contributed by atoms with Crippen LogP contribution in [0.4, 0.5) is 5.69 Å². The van der Waals surface area contributed by atoms with Crippen molar-refractivity contribution in [1.29, 1.82) is 0 Å². The third kappa shape index (κ3) is 4.45. The summed E-state index contributed by atoms with van der Waals surface area (Å²) in [6.45, 7) is 7.30. The van der Waals surface area contributed by atoms with E-state index in [0.717, 1.165) is 18.7 Å². The summed E-state index contributed by atoms with van der Waals surface area (Å²) < 4.78 is 6.39. The average Bonchev–Trinajstić information content (AvgIpc) is 2.65. The maximum absolute atomic E-state index is 6.39. The lowest BCUT2D eigenvalue weighted by atomic mass is 10.0. The van der Waals surface area contributed by atoms with Gasteiger partial charge in [0.2, 0.25) is 0 Å². The van der Waals surface area contributed by atoms with Crippen molar-refractivity contribution in [1.82, 2.24) is 0 Å². The van der Waals surface area contributed by atoms with Gasteiger partial charge in [-0.2, -0.15) is 0 Å². The molecule has 0 saturated heterocycles. The van der Waals surface area contributed by atoms with E-state index in [1.807, 2.05) is 6.07 Å². The molecule has 134 valence electrons. The monoisotopic (exact) mass is 345 g/mol. The van der Waals surface area contributed by atoms with Crippen molar-refractivity contribution in [3.05, 3.63) is 95.6 Å². The molecule has 0 heterocycles. The zero-order chi connectivity index (χ0) is 18.4. The van der Waals surface area contributed by atoms with Gasteiger partial charge in [0.1, 0.15) is 5.75 Å². The van der Waals surface area contributed by atoms with E-state index in [2.05, 4.69) is 98.5 Å². The minimum absolute atomic E-state index is 0.0428. The van der Waals surface area contributed by atoms with Gasteiger partial charge in [0.25, 0.3) is 0 Å². The van der Waals surface area contributed by atoms with Crippen LogP contribution in [-0.4, -0.2) is 12.8 Å². The van der Waals surface area contributed by atoms with Crippen LogP contribution in [0.1, 0.15) is 30.5 Å². The lowest BCUT2D eigenvalue weighted by molar-refractivity contribution is 0.214. The van der Waals surface area contributed by atoms with Gasteiger partial charge in [0.15, 0.2) is 6.23 Å². The molecule has 0 aliphatic heterocycles. The first-order valence-electron chi connectivity index (χ1n) is 9.29. The van der Waals surface area contributed by atoms with E-state index in [1.54, 1.807) is 0 Å². The second kappa shape index (κ2) is 8.57. The summed E-state index contributed by atoms with van der Waals surface area (Å²) in [7, 11) is 0. The van der Waals surface area contributed by atoms with E-state index >= 15 is 0 Å². The third-order valence-electron chi connectivity index (χ3n) is 4.62. The maximum atomic E-state index is 6.39. The summed E-state index contributed by atoms with van der Waals surface area (Å²) in [5, 5.41) is 0. The molecule has 26 heavy (non-hydrogen) atoms. The summed E-state index contributed by atoms with van der Waals surface area (Å²) in [5.74, 6) is 0.954. The lowest BCUT2D eigenvalue weighted by Crippen LogP contribution is -2.37. The minimum Gasteiger partial charge on any atom is -0.471 e. The van der Waals surface area contributed by atoms with Crippen LogP contribution in [0.3, 0.4) is 0 Å². The molecule has 0 N–H and O–H groups in total. The zero-order valence-corrected chi connectivity index (χ0v) is 15.9. The van der Waals surface area contributed by atoms with Crippen molar-refractivity contribution < 1.29 is 4.74 Å². The van der Waals surface area contributed by atoms with E-state index in [1.165, 1.54) is 22.4 Å². The molecule has 0 aliphatic carbocycles. The largest absolute Gasteiger partial charge is 0.471 e. The summed E-state index contributed by atoms with van der Waals surface area (Å²) in [6.07, 6.45) is 0.832. The summed E-state index contributed by atoms with van der Waals surface area (Å²) in [5.41, 5.74) is 4.96. The quantitative estimate of drug-likeness (QED) is 0.499. The van der Waals surface area contributed by atoms with Crippen LogP contribution in [0.25, 0.3) is 0 Å². The van der Waals surface area contributed by atoms with Crippen LogP contribution in [-0.2, 0) is 6.42 Å². The fourth-order valence-electron chi connectivity index (χ4n) is 3.28. The molecule has 0 radical (unpaired) electrons. The second-order valence-electron chi connectivity index (χ2n) is 6.61. The molecule has 3 aromatic carbocycles. The number of rotatable bonds is 7. The summed E-state index contributed by atoms with van der Waals surface area (Å²) in [4.78, 5) is 2.28. The molecular weight excluding hydrogens is 318 g/mol. The van der Waals surface area contributed by atoms with E-state index in [0.29, 0.717) is 0 Å². The number of hydrogen-bond acceptors (Lipinski definition) is 2. The van der Waals surface area contributed by atoms with Crippen LogP contribution in [0.5, 0.6) is 5.75 Å². The van der Waals surface area contributed by atoms with Gasteiger partial charge in [0.05, 0.1) is 0 Å². The maximum Gasteiger partial charge on any atom is 0.169 e.